The van der Waals surface area contributed by atoms with Gasteiger partial charge in [0.05, 0.1) is 6.61 Å². The third-order valence-electron chi connectivity index (χ3n) is 4.69. The number of nitrogens with two attached hydrogens (primary N) is 1. The second-order valence-corrected chi connectivity index (χ2v) is 7.52. The first-order valence-corrected chi connectivity index (χ1v) is 11.2. The maximum Gasteiger partial charge on any atom is 0.322 e. The minimum absolute atomic E-state index is 0. The Morgan fingerprint density at radius 3 is 1.56 bits per heavy atom. The van der Waals surface area contributed by atoms with Crippen LogP contribution in [0.3, 0.4) is 0 Å². The summed E-state index contributed by atoms with van der Waals surface area (Å²) in [7, 11) is 0. The Bertz CT molecular complexity index is 301. The number of carbonyl (C=O) groups excluding carboxylic acids is 1. The monoisotopic (exact) mass is 407 g/mol. The minimum atomic E-state index is -0.536. The van der Waals surface area contributed by atoms with E-state index in [1.54, 1.807) is 6.92 Å². The summed E-state index contributed by atoms with van der Waals surface area (Å²) >= 11 is 0. The van der Waals surface area contributed by atoms with Crippen molar-refractivity contribution in [2.45, 2.75) is 116 Å². The number of hydrogen-bond acceptors (Lipinski definition) is 4. The van der Waals surface area contributed by atoms with Crippen LogP contribution in [0.2, 0.25) is 0 Å². The maximum atomic E-state index is 11.1. The zero-order valence-corrected chi connectivity index (χ0v) is 18.8. The molecule has 27 heavy (non-hydrogen) atoms. The van der Waals surface area contributed by atoms with Crippen LogP contribution in [0.5, 0.6) is 0 Å². The zero-order valence-electron chi connectivity index (χ0n) is 18.0. The summed E-state index contributed by atoms with van der Waals surface area (Å²) < 4.78 is 10.5. The van der Waals surface area contributed by atoms with Crippen molar-refractivity contribution in [2.75, 3.05) is 19.8 Å². The minimum Gasteiger partial charge on any atom is -0.464 e. The third-order valence-corrected chi connectivity index (χ3v) is 4.69. The van der Waals surface area contributed by atoms with Gasteiger partial charge in [-0.1, -0.05) is 90.4 Å². The molecule has 0 aliphatic heterocycles. The summed E-state index contributed by atoms with van der Waals surface area (Å²) in [4.78, 5) is 11.1. The predicted octanol–water partition coefficient (Wildman–Crippen LogP) is 6.19. The van der Waals surface area contributed by atoms with Crippen LogP contribution in [0.25, 0.3) is 0 Å². The molecule has 5 heteroatoms. The predicted molar refractivity (Wildman–Crippen MR) is 118 cm³/mol. The summed E-state index contributed by atoms with van der Waals surface area (Å²) in [5.74, 6) is -0.336. The van der Waals surface area contributed by atoms with Crippen LogP contribution < -0.4 is 5.73 Å². The molecule has 0 rings (SSSR count). The van der Waals surface area contributed by atoms with E-state index in [-0.39, 0.29) is 18.4 Å². The fourth-order valence-electron chi connectivity index (χ4n) is 2.97. The molecule has 0 aliphatic carbocycles. The molecule has 0 aromatic heterocycles. The van der Waals surface area contributed by atoms with Crippen molar-refractivity contribution in [1.82, 2.24) is 0 Å². The van der Waals surface area contributed by atoms with Crippen molar-refractivity contribution in [2.24, 2.45) is 5.73 Å². The van der Waals surface area contributed by atoms with Gasteiger partial charge in [-0.15, -0.1) is 12.4 Å². The van der Waals surface area contributed by atoms with Crippen molar-refractivity contribution < 1.29 is 14.3 Å². The molecule has 0 aliphatic rings. The number of esters is 1. The standard InChI is InChI=1S/C22H45NO3.ClH/c1-3-4-5-6-7-8-9-10-11-12-13-14-15-16-18-25-19-17-20-26-22(24)21(2)23;/h21H,3-20,23H2,1-2H3;1H/t21-;/m0./s1. The molecular formula is C22H46ClNO3. The van der Waals surface area contributed by atoms with Gasteiger partial charge in [-0.3, -0.25) is 4.79 Å². The Labute approximate surface area is 174 Å². The van der Waals surface area contributed by atoms with Gasteiger partial charge >= 0.3 is 5.97 Å². The molecule has 2 N–H and O–H groups in total. The van der Waals surface area contributed by atoms with Gasteiger partial charge in [-0.05, 0) is 13.3 Å². The van der Waals surface area contributed by atoms with Crippen molar-refractivity contribution >= 4 is 18.4 Å². The van der Waals surface area contributed by atoms with Gasteiger partial charge in [-0.25, -0.2) is 0 Å². The van der Waals surface area contributed by atoms with E-state index in [2.05, 4.69) is 6.92 Å². The molecule has 0 bridgehead atoms. The second-order valence-electron chi connectivity index (χ2n) is 7.52. The van der Waals surface area contributed by atoms with E-state index < -0.39 is 6.04 Å². The van der Waals surface area contributed by atoms with Gasteiger partial charge in [0, 0.05) is 19.6 Å². The fraction of sp³-hybridized carbons (Fsp3) is 0.955. The molecule has 0 radical (unpaired) electrons. The smallest absolute Gasteiger partial charge is 0.322 e. The zero-order chi connectivity index (χ0) is 19.3. The number of hydrogen-bond donors (Lipinski definition) is 1. The summed E-state index contributed by atoms with van der Waals surface area (Å²) in [5, 5.41) is 0. The number of unbranched alkanes of at least 4 members (excludes halogenated alkanes) is 13. The molecular weight excluding hydrogens is 362 g/mol. The lowest BCUT2D eigenvalue weighted by Crippen LogP contribution is -2.29. The van der Waals surface area contributed by atoms with Gasteiger partial charge in [0.15, 0.2) is 0 Å². The topological polar surface area (TPSA) is 61.5 Å². The highest BCUT2D eigenvalue weighted by Gasteiger charge is 2.07. The average molecular weight is 408 g/mol. The molecule has 0 amide bonds. The maximum absolute atomic E-state index is 11.1. The molecule has 0 saturated carbocycles. The Morgan fingerprint density at radius 1 is 0.704 bits per heavy atom. The van der Waals surface area contributed by atoms with E-state index in [1.807, 2.05) is 0 Å². The van der Waals surface area contributed by atoms with E-state index in [0.29, 0.717) is 13.2 Å². The molecule has 4 nitrogen and oxygen atoms in total. The highest BCUT2D eigenvalue weighted by molar-refractivity contribution is 5.85. The molecule has 0 fully saturated rings. The van der Waals surface area contributed by atoms with Crippen LogP contribution in [0.4, 0.5) is 0 Å². The lowest BCUT2D eigenvalue weighted by Gasteiger charge is -2.07. The molecule has 164 valence electrons. The van der Waals surface area contributed by atoms with E-state index in [4.69, 9.17) is 15.2 Å². The third kappa shape index (κ3) is 23.6. The number of rotatable bonds is 20. The first kappa shape index (κ1) is 28.9. The lowest BCUT2D eigenvalue weighted by atomic mass is 10.0. The van der Waals surface area contributed by atoms with Gasteiger partial charge in [0.25, 0.3) is 0 Å². The van der Waals surface area contributed by atoms with Gasteiger partial charge < -0.3 is 15.2 Å². The SMILES string of the molecule is CCCCCCCCCCCCCCCCOCCCOC(=O)[C@H](C)N.Cl. The largest absolute Gasteiger partial charge is 0.464 e. The van der Waals surface area contributed by atoms with Crippen molar-refractivity contribution in [3.63, 3.8) is 0 Å². The Balaban J connectivity index is 0. The van der Waals surface area contributed by atoms with E-state index in [0.717, 1.165) is 19.4 Å². The van der Waals surface area contributed by atoms with Crippen molar-refractivity contribution in [1.29, 1.82) is 0 Å². The molecule has 0 heterocycles. The summed E-state index contributed by atoms with van der Waals surface area (Å²) in [5.41, 5.74) is 5.41. The average Bonchev–Trinajstić information content (AvgIpc) is 2.63. The van der Waals surface area contributed by atoms with E-state index >= 15 is 0 Å². The van der Waals surface area contributed by atoms with Gasteiger partial charge in [-0.2, -0.15) is 0 Å². The molecule has 0 unspecified atom stereocenters. The first-order valence-electron chi connectivity index (χ1n) is 11.2. The summed E-state index contributed by atoms with van der Waals surface area (Å²) in [6, 6.07) is -0.536. The van der Waals surface area contributed by atoms with E-state index in [9.17, 15) is 4.79 Å². The summed E-state index contributed by atoms with van der Waals surface area (Å²) in [6.45, 7) is 5.79. The van der Waals surface area contributed by atoms with Crippen molar-refractivity contribution in [3.8, 4) is 0 Å². The summed E-state index contributed by atoms with van der Waals surface area (Å²) in [6.07, 6.45) is 20.0. The first-order chi connectivity index (χ1) is 12.7. The van der Waals surface area contributed by atoms with Gasteiger partial charge in [0.2, 0.25) is 0 Å². The molecule has 0 spiro atoms. The van der Waals surface area contributed by atoms with Crippen LogP contribution >= 0.6 is 12.4 Å². The van der Waals surface area contributed by atoms with Crippen LogP contribution in [-0.2, 0) is 14.3 Å². The molecule has 0 aromatic rings. The number of ether oxygens (including phenoxy) is 2. The van der Waals surface area contributed by atoms with Crippen molar-refractivity contribution in [3.05, 3.63) is 0 Å². The van der Waals surface area contributed by atoms with Crippen LogP contribution in [0.1, 0.15) is 110 Å². The molecule has 1 atom stereocenters. The van der Waals surface area contributed by atoms with Crippen LogP contribution in [-0.4, -0.2) is 31.8 Å². The Hall–Kier alpha value is -0.320. The fourth-order valence-corrected chi connectivity index (χ4v) is 2.97. The van der Waals surface area contributed by atoms with Crippen LogP contribution in [0, 0.1) is 0 Å². The normalized spacial score (nSPS) is 11.8. The highest BCUT2D eigenvalue weighted by Crippen LogP contribution is 2.12. The number of halogens is 1. The van der Waals surface area contributed by atoms with Crippen LogP contribution in [0.15, 0.2) is 0 Å². The second kappa shape index (κ2) is 23.7. The lowest BCUT2D eigenvalue weighted by molar-refractivity contribution is -0.145. The van der Waals surface area contributed by atoms with E-state index in [1.165, 1.54) is 83.5 Å². The Kier molecular flexibility index (Phi) is 25.4. The van der Waals surface area contributed by atoms with Gasteiger partial charge in [0.1, 0.15) is 6.04 Å². The number of carbonyl (C=O) groups is 1. The Morgan fingerprint density at radius 2 is 1.11 bits per heavy atom. The highest BCUT2D eigenvalue weighted by atomic mass is 35.5. The molecule has 0 aromatic carbocycles. The molecule has 0 saturated heterocycles. The quantitative estimate of drug-likeness (QED) is 0.193.